The number of halogens is 1. The van der Waals surface area contributed by atoms with Crippen molar-refractivity contribution < 1.29 is 9.53 Å². The van der Waals surface area contributed by atoms with Crippen molar-refractivity contribution in [3.8, 4) is 5.75 Å². The van der Waals surface area contributed by atoms with Crippen molar-refractivity contribution in [2.75, 3.05) is 27.2 Å². The van der Waals surface area contributed by atoms with E-state index in [0.29, 0.717) is 17.2 Å². The van der Waals surface area contributed by atoms with Gasteiger partial charge < -0.3 is 15.4 Å². The first-order chi connectivity index (χ1) is 7.29. The monoisotopic (exact) mass is 264 g/mol. The molecule has 0 aliphatic rings. The number of carbonyl (C=O) groups is 1. The molecule has 0 saturated heterocycles. The first-order valence-corrected chi connectivity index (χ1v) is 5.72. The van der Waals surface area contributed by atoms with Crippen LogP contribution in [0.25, 0.3) is 0 Å². The van der Waals surface area contributed by atoms with Crippen LogP contribution in [0.5, 0.6) is 5.75 Å². The molecule has 0 unspecified atom stereocenters. The summed E-state index contributed by atoms with van der Waals surface area (Å²) in [5, 5.41) is 7.72. The van der Waals surface area contributed by atoms with Crippen LogP contribution in [0.4, 0.5) is 0 Å². The van der Waals surface area contributed by atoms with Gasteiger partial charge in [0.1, 0.15) is 10.6 Å². The predicted molar refractivity (Wildman–Crippen MR) is 69.0 cm³/mol. The Labute approximate surface area is 106 Å². The Bertz CT molecular complexity index is 318. The molecule has 0 radical (unpaired) electrons. The van der Waals surface area contributed by atoms with Crippen LogP contribution in [-0.2, 0) is 0 Å². The molecule has 0 saturated carbocycles. The minimum Gasteiger partial charge on any atom is -0.495 e. The molecule has 1 aromatic heterocycles. The molecule has 1 aromatic rings. The average molecular weight is 265 g/mol. The topological polar surface area (TPSA) is 50.4 Å². The Morgan fingerprint density at radius 3 is 2.88 bits per heavy atom. The lowest BCUT2D eigenvalue weighted by Gasteiger charge is -2.04. The number of thiophene rings is 1. The van der Waals surface area contributed by atoms with Crippen molar-refractivity contribution in [1.29, 1.82) is 0 Å². The quantitative estimate of drug-likeness (QED) is 0.766. The zero-order chi connectivity index (χ0) is 11.1. The van der Waals surface area contributed by atoms with Gasteiger partial charge in [-0.1, -0.05) is 0 Å². The van der Waals surface area contributed by atoms with Gasteiger partial charge in [-0.2, -0.15) is 0 Å². The van der Waals surface area contributed by atoms with Crippen LogP contribution in [0.1, 0.15) is 16.1 Å². The largest absolute Gasteiger partial charge is 0.495 e. The second-order valence-electron chi connectivity index (χ2n) is 3.03. The third-order valence-electron chi connectivity index (χ3n) is 1.94. The smallest absolute Gasteiger partial charge is 0.265 e. The van der Waals surface area contributed by atoms with Gasteiger partial charge in [-0.15, -0.1) is 23.7 Å². The van der Waals surface area contributed by atoms with Gasteiger partial charge in [-0.05, 0) is 31.5 Å². The molecule has 0 aliphatic carbocycles. The SMILES string of the molecule is CNCCCNC(=O)c1sccc1OC.Cl. The fourth-order valence-corrected chi connectivity index (χ4v) is 1.95. The average Bonchev–Trinajstić information content (AvgIpc) is 2.72. The van der Waals surface area contributed by atoms with Crippen LogP contribution in [0.3, 0.4) is 0 Å². The van der Waals surface area contributed by atoms with Crippen LogP contribution in [0.2, 0.25) is 0 Å². The summed E-state index contributed by atoms with van der Waals surface area (Å²) < 4.78 is 5.07. The molecule has 0 fully saturated rings. The van der Waals surface area contributed by atoms with Crippen molar-refractivity contribution in [3.05, 3.63) is 16.3 Å². The highest BCUT2D eigenvalue weighted by Crippen LogP contribution is 2.23. The molecule has 1 heterocycles. The highest BCUT2D eigenvalue weighted by atomic mass is 35.5. The van der Waals surface area contributed by atoms with Crippen molar-refractivity contribution in [3.63, 3.8) is 0 Å². The highest BCUT2D eigenvalue weighted by Gasteiger charge is 2.12. The molecule has 1 rings (SSSR count). The molecule has 0 aliphatic heterocycles. The maximum Gasteiger partial charge on any atom is 0.265 e. The van der Waals surface area contributed by atoms with Gasteiger partial charge in [0.2, 0.25) is 0 Å². The zero-order valence-corrected chi connectivity index (χ0v) is 11.0. The fourth-order valence-electron chi connectivity index (χ4n) is 1.17. The number of amides is 1. The van der Waals surface area contributed by atoms with E-state index in [9.17, 15) is 4.79 Å². The van der Waals surface area contributed by atoms with E-state index in [2.05, 4.69) is 10.6 Å². The minimum atomic E-state index is -0.0575. The highest BCUT2D eigenvalue weighted by molar-refractivity contribution is 7.12. The van der Waals surface area contributed by atoms with E-state index in [-0.39, 0.29) is 18.3 Å². The summed E-state index contributed by atoms with van der Waals surface area (Å²) in [6.45, 7) is 1.59. The first kappa shape index (κ1) is 15.2. The summed E-state index contributed by atoms with van der Waals surface area (Å²) in [4.78, 5) is 12.3. The molecule has 92 valence electrons. The van der Waals surface area contributed by atoms with Crippen molar-refractivity contribution >= 4 is 29.7 Å². The van der Waals surface area contributed by atoms with Gasteiger partial charge in [-0.25, -0.2) is 0 Å². The first-order valence-electron chi connectivity index (χ1n) is 4.84. The van der Waals surface area contributed by atoms with Crippen LogP contribution in [0.15, 0.2) is 11.4 Å². The molecular weight excluding hydrogens is 248 g/mol. The Balaban J connectivity index is 0.00000225. The number of carbonyl (C=O) groups excluding carboxylic acids is 1. The Hall–Kier alpha value is -0.780. The summed E-state index contributed by atoms with van der Waals surface area (Å²) in [6, 6.07) is 1.80. The van der Waals surface area contributed by atoms with E-state index in [4.69, 9.17) is 4.74 Å². The van der Waals surface area contributed by atoms with Gasteiger partial charge >= 0.3 is 0 Å². The van der Waals surface area contributed by atoms with E-state index in [1.807, 2.05) is 12.4 Å². The van der Waals surface area contributed by atoms with Gasteiger partial charge in [0.15, 0.2) is 0 Å². The molecule has 1 amide bonds. The van der Waals surface area contributed by atoms with E-state index < -0.39 is 0 Å². The Kier molecular flexibility index (Phi) is 7.97. The Morgan fingerprint density at radius 2 is 2.25 bits per heavy atom. The van der Waals surface area contributed by atoms with Crippen molar-refractivity contribution in [2.24, 2.45) is 0 Å². The van der Waals surface area contributed by atoms with Crippen LogP contribution < -0.4 is 15.4 Å². The summed E-state index contributed by atoms with van der Waals surface area (Å²) in [7, 11) is 3.46. The number of ether oxygens (including phenoxy) is 1. The van der Waals surface area contributed by atoms with E-state index in [1.165, 1.54) is 11.3 Å². The van der Waals surface area contributed by atoms with Crippen LogP contribution in [-0.4, -0.2) is 33.2 Å². The summed E-state index contributed by atoms with van der Waals surface area (Å²) in [5.74, 6) is 0.587. The molecule has 2 N–H and O–H groups in total. The van der Waals surface area contributed by atoms with Gasteiger partial charge in [0, 0.05) is 6.54 Å². The number of hydrogen-bond donors (Lipinski definition) is 2. The van der Waals surface area contributed by atoms with Crippen molar-refractivity contribution in [2.45, 2.75) is 6.42 Å². The molecular formula is C10H17ClN2O2S. The fraction of sp³-hybridized carbons (Fsp3) is 0.500. The summed E-state index contributed by atoms with van der Waals surface area (Å²) >= 11 is 1.39. The molecule has 16 heavy (non-hydrogen) atoms. The molecule has 6 heteroatoms. The molecule has 0 bridgehead atoms. The second-order valence-corrected chi connectivity index (χ2v) is 3.95. The third-order valence-corrected chi connectivity index (χ3v) is 2.84. The standard InChI is InChI=1S/C10H16N2O2S.ClH/c1-11-5-3-6-12-10(13)9-8(14-2)4-7-15-9;/h4,7,11H,3,5-6H2,1-2H3,(H,12,13);1H. The number of methoxy groups -OCH3 is 1. The normalized spacial score (nSPS) is 9.38. The maximum absolute atomic E-state index is 11.6. The molecule has 0 atom stereocenters. The molecule has 4 nitrogen and oxygen atoms in total. The summed E-state index contributed by atoms with van der Waals surface area (Å²) in [6.07, 6.45) is 0.927. The lowest BCUT2D eigenvalue weighted by Crippen LogP contribution is -2.26. The lowest BCUT2D eigenvalue weighted by molar-refractivity contribution is 0.0954. The third kappa shape index (κ3) is 4.38. The lowest BCUT2D eigenvalue weighted by atomic mass is 10.3. The van der Waals surface area contributed by atoms with E-state index >= 15 is 0 Å². The predicted octanol–water partition coefficient (Wildman–Crippen LogP) is 1.52. The minimum absolute atomic E-state index is 0. The van der Waals surface area contributed by atoms with Crippen molar-refractivity contribution in [1.82, 2.24) is 10.6 Å². The second kappa shape index (κ2) is 8.38. The van der Waals surface area contributed by atoms with Gasteiger partial charge in [0.25, 0.3) is 5.91 Å². The van der Waals surface area contributed by atoms with Gasteiger partial charge in [0.05, 0.1) is 7.11 Å². The van der Waals surface area contributed by atoms with Crippen LogP contribution >= 0.6 is 23.7 Å². The van der Waals surface area contributed by atoms with E-state index in [1.54, 1.807) is 13.2 Å². The summed E-state index contributed by atoms with van der Waals surface area (Å²) in [5.41, 5.74) is 0. The number of rotatable bonds is 6. The van der Waals surface area contributed by atoms with E-state index in [0.717, 1.165) is 13.0 Å². The van der Waals surface area contributed by atoms with Crippen LogP contribution in [0, 0.1) is 0 Å². The maximum atomic E-state index is 11.6. The number of nitrogens with one attached hydrogen (secondary N) is 2. The van der Waals surface area contributed by atoms with Gasteiger partial charge in [-0.3, -0.25) is 4.79 Å². The molecule has 0 spiro atoms. The molecule has 0 aromatic carbocycles. The Morgan fingerprint density at radius 1 is 1.50 bits per heavy atom. The number of hydrogen-bond acceptors (Lipinski definition) is 4. The zero-order valence-electron chi connectivity index (χ0n) is 9.41.